The molecule has 0 unspecified atom stereocenters. The number of nitrogens with one attached hydrogen (secondary N) is 2. The highest BCUT2D eigenvalue weighted by Gasteiger charge is 2.31. The van der Waals surface area contributed by atoms with Crippen LogP contribution in [-0.4, -0.2) is 14.2 Å². The molecule has 4 nitrogen and oxygen atoms in total. The Labute approximate surface area is 308 Å². The van der Waals surface area contributed by atoms with E-state index in [9.17, 15) is 0 Å². The second-order valence-electron chi connectivity index (χ2n) is 14.3. The van der Waals surface area contributed by atoms with Crippen LogP contribution in [-0.2, 0) is 51.4 Å². The van der Waals surface area contributed by atoms with Crippen molar-refractivity contribution in [1.29, 1.82) is 0 Å². The number of methoxy groups -OCH3 is 2. The molecule has 0 heterocycles. The van der Waals surface area contributed by atoms with E-state index in [0.717, 1.165) is 74.2 Å². The minimum atomic E-state index is -0.114. The van der Waals surface area contributed by atoms with Gasteiger partial charge in [-0.25, -0.2) is 0 Å². The normalized spacial score (nSPS) is 14.7. The second kappa shape index (κ2) is 15.4. The van der Waals surface area contributed by atoms with E-state index in [1.54, 1.807) is 0 Å². The van der Waals surface area contributed by atoms with E-state index in [4.69, 9.17) is 9.47 Å². The van der Waals surface area contributed by atoms with E-state index in [1.807, 2.05) is 14.2 Å². The Morgan fingerprint density at radius 2 is 0.712 bits per heavy atom. The average Bonchev–Trinajstić information content (AvgIpc) is 3.18. The van der Waals surface area contributed by atoms with Gasteiger partial charge in [-0.05, 0) is 156 Å². The number of rotatable bonds is 9. The summed E-state index contributed by atoms with van der Waals surface area (Å²) in [5.41, 5.74) is 15.3. The molecule has 8 aliphatic carbocycles. The number of anilines is 2. The fraction of sp³-hybridized carbons (Fsp3) is 0.250. The quantitative estimate of drug-likeness (QED) is 0.159. The molecule has 4 heteroatoms. The van der Waals surface area contributed by atoms with Gasteiger partial charge in [0.05, 0.1) is 26.3 Å². The van der Waals surface area contributed by atoms with Crippen molar-refractivity contribution in [2.75, 3.05) is 24.9 Å². The van der Waals surface area contributed by atoms with E-state index in [1.165, 1.54) is 55.6 Å². The molecule has 6 aromatic carbocycles. The zero-order valence-electron chi connectivity index (χ0n) is 30.3. The number of hydrogen-bond acceptors (Lipinski definition) is 4. The van der Waals surface area contributed by atoms with Crippen molar-refractivity contribution in [3.8, 4) is 11.5 Å². The third-order valence-corrected chi connectivity index (χ3v) is 11.1. The lowest BCUT2D eigenvalue weighted by atomic mass is 9.82. The van der Waals surface area contributed by atoms with E-state index in [0.29, 0.717) is 0 Å². The Morgan fingerprint density at radius 3 is 1.04 bits per heavy atom. The van der Waals surface area contributed by atoms with Crippen molar-refractivity contribution in [1.82, 2.24) is 0 Å². The molecule has 0 saturated carbocycles. The molecule has 0 amide bonds. The Kier molecular flexibility index (Phi) is 9.97. The second-order valence-corrected chi connectivity index (χ2v) is 14.3. The summed E-state index contributed by atoms with van der Waals surface area (Å²) in [6.07, 6.45) is 7.47. The molecule has 0 aromatic heterocycles. The van der Waals surface area contributed by atoms with E-state index in [2.05, 4.69) is 144 Å². The third-order valence-electron chi connectivity index (χ3n) is 11.1. The molecule has 0 radical (unpaired) electrons. The van der Waals surface area contributed by atoms with Crippen molar-refractivity contribution in [3.05, 3.63) is 189 Å². The van der Waals surface area contributed by atoms with E-state index in [-0.39, 0.29) is 12.1 Å². The van der Waals surface area contributed by atoms with Crippen molar-refractivity contribution >= 4 is 11.4 Å². The van der Waals surface area contributed by atoms with Gasteiger partial charge in [0.25, 0.3) is 0 Å². The predicted octanol–water partition coefficient (Wildman–Crippen LogP) is 10.5. The van der Waals surface area contributed by atoms with Crippen LogP contribution in [0.3, 0.4) is 0 Å². The highest BCUT2D eigenvalue weighted by Crippen LogP contribution is 2.43. The van der Waals surface area contributed by atoms with Crippen molar-refractivity contribution in [2.24, 2.45) is 0 Å². The number of ether oxygens (including phenoxy) is 2. The number of para-hydroxylation sites is 2. The summed E-state index contributed by atoms with van der Waals surface area (Å²) >= 11 is 0. The standard InChI is InChI=1S/C48H48N2O2/c1-51-45-31-37-25-21-33-13-17-35(18-14-33)23-27-39(45)29-43(37)47(49-41-9-5-3-6-10-41)48(50-42-11-7-4-8-12-42)44-30-40-28-24-36-19-15-34(16-20-36)22-26-38(44)32-46(40)52-2/h3-20,29-32,47-50H,21-28H2,1-2H3/t47-,48-/m0/s1. The summed E-state index contributed by atoms with van der Waals surface area (Å²) < 4.78 is 12.2. The first kappa shape index (κ1) is 33.7. The Balaban J connectivity index is 1.33. The maximum atomic E-state index is 6.11. The number of hydrogen-bond donors (Lipinski definition) is 2. The summed E-state index contributed by atoms with van der Waals surface area (Å²) in [6.45, 7) is 0. The van der Waals surface area contributed by atoms with Gasteiger partial charge in [-0.3, -0.25) is 0 Å². The van der Waals surface area contributed by atoms with Crippen LogP contribution in [0.2, 0.25) is 0 Å². The van der Waals surface area contributed by atoms with Gasteiger partial charge in [0.1, 0.15) is 11.5 Å². The van der Waals surface area contributed by atoms with Crippen molar-refractivity contribution in [2.45, 2.75) is 63.5 Å². The van der Waals surface area contributed by atoms with Crippen LogP contribution in [0.5, 0.6) is 11.5 Å². The zero-order chi connectivity index (χ0) is 35.3. The van der Waals surface area contributed by atoms with Gasteiger partial charge >= 0.3 is 0 Å². The monoisotopic (exact) mass is 684 g/mol. The van der Waals surface area contributed by atoms with Gasteiger partial charge < -0.3 is 20.1 Å². The smallest absolute Gasteiger partial charge is 0.122 e. The Hall–Kier alpha value is -5.48. The lowest BCUT2D eigenvalue weighted by molar-refractivity contribution is 0.408. The van der Waals surface area contributed by atoms with Crippen LogP contribution >= 0.6 is 0 Å². The molecule has 2 atom stereocenters. The molecule has 2 N–H and O–H groups in total. The molecule has 0 spiro atoms. The number of aryl methyl sites for hydroxylation is 8. The number of benzene rings is 6. The first-order chi connectivity index (χ1) is 25.6. The highest BCUT2D eigenvalue weighted by molar-refractivity contribution is 5.57. The summed E-state index contributed by atoms with van der Waals surface area (Å²) in [4.78, 5) is 0. The van der Waals surface area contributed by atoms with Crippen LogP contribution in [0.25, 0.3) is 0 Å². The van der Waals surface area contributed by atoms with E-state index >= 15 is 0 Å². The summed E-state index contributed by atoms with van der Waals surface area (Å²) in [5.74, 6) is 1.96. The molecule has 8 aliphatic rings. The van der Waals surface area contributed by atoms with Gasteiger partial charge in [0, 0.05) is 11.4 Å². The Morgan fingerprint density at radius 1 is 0.385 bits per heavy atom. The summed E-state index contributed by atoms with van der Waals surface area (Å²) in [7, 11) is 3.63. The van der Waals surface area contributed by atoms with Crippen LogP contribution < -0.4 is 20.1 Å². The largest absolute Gasteiger partial charge is 0.496 e. The molecule has 0 saturated heterocycles. The SMILES string of the molecule is COc1cc2c([C@H](Nc3ccccc3)[C@@H](Nc3ccccc3)c3cc4c(OC)cc3CCc3ccc(cc3)CC4)cc1CCc1ccc(cc1)CC2. The highest BCUT2D eigenvalue weighted by atomic mass is 16.5. The maximum Gasteiger partial charge on any atom is 0.122 e. The summed E-state index contributed by atoms with van der Waals surface area (Å²) in [6, 6.07) is 49.2. The van der Waals surface area contributed by atoms with Crippen molar-refractivity contribution < 1.29 is 9.47 Å². The van der Waals surface area contributed by atoms with E-state index < -0.39 is 0 Å². The fourth-order valence-corrected chi connectivity index (χ4v) is 8.12. The first-order valence-corrected chi connectivity index (χ1v) is 18.8. The topological polar surface area (TPSA) is 42.5 Å². The van der Waals surface area contributed by atoms with Crippen LogP contribution in [0, 0.1) is 0 Å². The molecule has 0 fully saturated rings. The molecular weight excluding hydrogens is 637 g/mol. The first-order valence-electron chi connectivity index (χ1n) is 18.8. The minimum Gasteiger partial charge on any atom is -0.496 e. The van der Waals surface area contributed by atoms with Crippen LogP contribution in [0.15, 0.2) is 133 Å². The van der Waals surface area contributed by atoms with Crippen molar-refractivity contribution in [3.63, 3.8) is 0 Å². The van der Waals surface area contributed by atoms with Gasteiger partial charge in [0.2, 0.25) is 0 Å². The molecule has 14 rings (SSSR count). The molecule has 8 bridgehead atoms. The predicted molar refractivity (Wildman–Crippen MR) is 214 cm³/mol. The van der Waals surface area contributed by atoms with Gasteiger partial charge in [-0.1, -0.05) is 84.9 Å². The third kappa shape index (κ3) is 7.43. The molecule has 6 aromatic rings. The van der Waals surface area contributed by atoms with Gasteiger partial charge in [-0.15, -0.1) is 0 Å². The average molecular weight is 685 g/mol. The molecule has 262 valence electrons. The zero-order valence-corrected chi connectivity index (χ0v) is 30.3. The van der Waals surface area contributed by atoms with Gasteiger partial charge in [-0.2, -0.15) is 0 Å². The van der Waals surface area contributed by atoms with Crippen LogP contribution in [0.4, 0.5) is 11.4 Å². The fourth-order valence-electron chi connectivity index (χ4n) is 8.12. The van der Waals surface area contributed by atoms with Crippen LogP contribution in [0.1, 0.15) is 67.7 Å². The Bertz CT molecular complexity index is 1950. The lowest BCUT2D eigenvalue weighted by Crippen LogP contribution is -2.28. The molecule has 0 aliphatic heterocycles. The minimum absolute atomic E-state index is 0.114. The molecule has 52 heavy (non-hydrogen) atoms. The summed E-state index contributed by atoms with van der Waals surface area (Å²) in [5, 5.41) is 8.21. The lowest BCUT2D eigenvalue weighted by Gasteiger charge is -2.35. The van der Waals surface area contributed by atoms with Gasteiger partial charge in [0.15, 0.2) is 0 Å². The molecular formula is C48H48N2O2. The maximum absolute atomic E-state index is 6.11.